The molecule has 21 heavy (non-hydrogen) atoms. The number of amides is 2. The van der Waals surface area contributed by atoms with Crippen molar-refractivity contribution in [3.05, 3.63) is 34.9 Å². The zero-order valence-corrected chi connectivity index (χ0v) is 12.9. The summed E-state index contributed by atoms with van der Waals surface area (Å²) >= 11 is 5.78. The van der Waals surface area contributed by atoms with Crippen molar-refractivity contribution < 1.29 is 14.7 Å². The Balaban J connectivity index is 2.35. The van der Waals surface area contributed by atoms with E-state index in [9.17, 15) is 14.7 Å². The summed E-state index contributed by atoms with van der Waals surface area (Å²) in [5, 5.41) is 16.6. The summed E-state index contributed by atoms with van der Waals surface area (Å²) in [5.41, 5.74) is 1.04. The molecule has 0 bridgehead atoms. The van der Waals surface area contributed by atoms with Gasteiger partial charge in [-0.05, 0) is 36.5 Å². The summed E-state index contributed by atoms with van der Waals surface area (Å²) in [6, 6.07) is 5.85. The maximum absolute atomic E-state index is 11.6. The Morgan fingerprint density at radius 2 is 1.86 bits per heavy atom. The molecule has 1 aromatic carbocycles. The van der Waals surface area contributed by atoms with Gasteiger partial charge in [0.05, 0.1) is 12.0 Å². The highest BCUT2D eigenvalue weighted by Gasteiger charge is 2.14. The second-order valence-electron chi connectivity index (χ2n) is 5.28. The number of nitrogens with one attached hydrogen (secondary N) is 2. The summed E-state index contributed by atoms with van der Waals surface area (Å²) in [4.78, 5) is 22.6. The van der Waals surface area contributed by atoms with E-state index in [1.54, 1.807) is 12.1 Å². The molecule has 0 aliphatic heterocycles. The van der Waals surface area contributed by atoms with Gasteiger partial charge in [0, 0.05) is 11.6 Å². The molecular weight excluding hydrogens is 292 g/mol. The van der Waals surface area contributed by atoms with Crippen LogP contribution in [-0.2, 0) is 11.2 Å². The van der Waals surface area contributed by atoms with Gasteiger partial charge in [-0.1, -0.05) is 37.6 Å². The highest BCUT2D eigenvalue weighted by molar-refractivity contribution is 6.30. The highest BCUT2D eigenvalue weighted by Crippen LogP contribution is 2.09. The third-order valence-electron chi connectivity index (χ3n) is 2.91. The lowest BCUT2D eigenvalue weighted by molar-refractivity contribution is -0.308. The van der Waals surface area contributed by atoms with Crippen LogP contribution in [0.3, 0.4) is 0 Å². The van der Waals surface area contributed by atoms with Crippen molar-refractivity contribution in [2.45, 2.75) is 32.7 Å². The van der Waals surface area contributed by atoms with Crippen LogP contribution in [-0.4, -0.2) is 24.6 Å². The molecule has 2 amide bonds. The summed E-state index contributed by atoms with van der Waals surface area (Å²) in [6.45, 7) is 4.18. The molecule has 116 valence electrons. The molecule has 5 nitrogen and oxygen atoms in total. The fourth-order valence-electron chi connectivity index (χ4n) is 1.87. The van der Waals surface area contributed by atoms with E-state index >= 15 is 0 Å². The fraction of sp³-hybridized carbons (Fsp3) is 0.467. The third kappa shape index (κ3) is 6.99. The Hall–Kier alpha value is -1.75. The van der Waals surface area contributed by atoms with Gasteiger partial charge in [0.15, 0.2) is 0 Å². The maximum atomic E-state index is 11.6. The number of hydrogen-bond donors (Lipinski definition) is 2. The molecule has 0 fully saturated rings. The van der Waals surface area contributed by atoms with Gasteiger partial charge in [-0.25, -0.2) is 4.79 Å². The minimum atomic E-state index is -1.27. The first-order valence-corrected chi connectivity index (χ1v) is 7.26. The Morgan fingerprint density at radius 3 is 2.38 bits per heavy atom. The summed E-state index contributed by atoms with van der Waals surface area (Å²) < 4.78 is 0. The van der Waals surface area contributed by atoms with Crippen molar-refractivity contribution in [2.75, 3.05) is 6.54 Å². The molecule has 1 atom stereocenters. The predicted molar refractivity (Wildman–Crippen MR) is 79.9 cm³/mol. The van der Waals surface area contributed by atoms with Gasteiger partial charge in [0.1, 0.15) is 0 Å². The van der Waals surface area contributed by atoms with Crippen molar-refractivity contribution in [2.24, 2.45) is 5.92 Å². The highest BCUT2D eigenvalue weighted by atomic mass is 35.5. The lowest BCUT2D eigenvalue weighted by Crippen LogP contribution is -2.51. The molecule has 0 spiro atoms. The zero-order chi connectivity index (χ0) is 15.8. The van der Waals surface area contributed by atoms with E-state index in [0.29, 0.717) is 24.4 Å². The lowest BCUT2D eigenvalue weighted by Gasteiger charge is -2.21. The number of carboxylic acids is 1. The lowest BCUT2D eigenvalue weighted by atomic mass is 10.0. The Bertz CT molecular complexity index is 474. The first-order chi connectivity index (χ1) is 9.88. The molecule has 0 radical (unpaired) electrons. The van der Waals surface area contributed by atoms with Crippen LogP contribution >= 0.6 is 11.6 Å². The molecule has 1 aromatic rings. The number of carbonyl (C=O) groups excluding carboxylic acids is 2. The number of rotatable bonds is 7. The number of aliphatic carboxylic acids is 1. The van der Waals surface area contributed by atoms with Crippen molar-refractivity contribution >= 4 is 23.6 Å². The van der Waals surface area contributed by atoms with E-state index in [4.69, 9.17) is 11.6 Å². The van der Waals surface area contributed by atoms with Gasteiger partial charge in [-0.15, -0.1) is 0 Å². The van der Waals surface area contributed by atoms with Gasteiger partial charge < -0.3 is 20.5 Å². The van der Waals surface area contributed by atoms with Crippen LogP contribution in [0.1, 0.15) is 25.8 Å². The third-order valence-corrected chi connectivity index (χ3v) is 3.16. The van der Waals surface area contributed by atoms with Gasteiger partial charge in [0.2, 0.25) is 0 Å². The van der Waals surface area contributed by atoms with Crippen LogP contribution in [0.15, 0.2) is 24.3 Å². The van der Waals surface area contributed by atoms with Gasteiger partial charge >= 0.3 is 6.03 Å². The number of halogens is 1. The Morgan fingerprint density at radius 1 is 1.24 bits per heavy atom. The van der Waals surface area contributed by atoms with E-state index in [1.165, 1.54) is 0 Å². The number of carboxylic acid groups (broad SMARTS) is 1. The minimum Gasteiger partial charge on any atom is -0.548 e. The number of hydrogen-bond acceptors (Lipinski definition) is 3. The normalized spacial score (nSPS) is 12.0. The SMILES string of the molecule is CC(C)C[C@H](NC(=O)NCCc1ccc(Cl)cc1)C(=O)[O-]. The molecule has 2 N–H and O–H groups in total. The van der Waals surface area contributed by atoms with E-state index in [0.717, 1.165) is 5.56 Å². The van der Waals surface area contributed by atoms with Crippen molar-refractivity contribution in [1.29, 1.82) is 0 Å². The molecule has 0 saturated carbocycles. The summed E-state index contributed by atoms with van der Waals surface area (Å²) in [5.74, 6) is -1.11. The van der Waals surface area contributed by atoms with Gasteiger partial charge in [-0.3, -0.25) is 0 Å². The summed E-state index contributed by atoms with van der Waals surface area (Å²) in [7, 11) is 0. The van der Waals surface area contributed by atoms with E-state index in [2.05, 4.69) is 10.6 Å². The molecule has 1 rings (SSSR count). The van der Waals surface area contributed by atoms with E-state index < -0.39 is 18.0 Å². The Kier molecular flexibility index (Phi) is 7.02. The van der Waals surface area contributed by atoms with Gasteiger partial charge in [0.25, 0.3) is 0 Å². The molecule has 6 heteroatoms. The largest absolute Gasteiger partial charge is 0.548 e. The quantitative estimate of drug-likeness (QED) is 0.797. The van der Waals surface area contributed by atoms with Crippen molar-refractivity contribution in [3.63, 3.8) is 0 Å². The minimum absolute atomic E-state index is 0.155. The van der Waals surface area contributed by atoms with E-state index in [1.807, 2.05) is 26.0 Å². The molecule has 0 heterocycles. The first-order valence-electron chi connectivity index (χ1n) is 6.88. The maximum Gasteiger partial charge on any atom is 0.315 e. The summed E-state index contributed by atoms with van der Waals surface area (Å²) in [6.07, 6.45) is 0.984. The molecule has 0 aromatic heterocycles. The molecule has 0 unspecified atom stereocenters. The first kappa shape index (κ1) is 17.3. The molecule has 0 aliphatic rings. The average Bonchev–Trinajstić information content (AvgIpc) is 2.39. The number of benzene rings is 1. The van der Waals surface area contributed by atoms with Crippen LogP contribution in [0.4, 0.5) is 4.79 Å². The Labute approximate surface area is 129 Å². The monoisotopic (exact) mass is 311 g/mol. The molecule has 0 saturated heterocycles. The molecular formula is C15H20ClN2O3-. The van der Waals surface area contributed by atoms with Crippen molar-refractivity contribution in [3.8, 4) is 0 Å². The van der Waals surface area contributed by atoms with Crippen LogP contribution in [0.5, 0.6) is 0 Å². The van der Waals surface area contributed by atoms with Gasteiger partial charge in [-0.2, -0.15) is 0 Å². The molecule has 0 aliphatic carbocycles. The topological polar surface area (TPSA) is 81.3 Å². The predicted octanol–water partition coefficient (Wildman–Crippen LogP) is 1.35. The average molecular weight is 312 g/mol. The standard InChI is InChI=1S/C15H21ClN2O3/c1-10(2)9-13(14(19)20)18-15(21)17-8-7-11-3-5-12(16)6-4-11/h3-6,10,13H,7-9H2,1-2H3,(H,19,20)(H2,17,18,21)/p-1/t13-/m0/s1. The van der Waals surface area contributed by atoms with Crippen LogP contribution in [0.2, 0.25) is 5.02 Å². The fourth-order valence-corrected chi connectivity index (χ4v) is 1.99. The second kappa shape index (κ2) is 8.52. The van der Waals surface area contributed by atoms with Crippen LogP contribution in [0.25, 0.3) is 0 Å². The number of carbonyl (C=O) groups is 2. The van der Waals surface area contributed by atoms with Crippen molar-refractivity contribution in [1.82, 2.24) is 10.6 Å². The van der Waals surface area contributed by atoms with Crippen LogP contribution in [0, 0.1) is 5.92 Å². The van der Waals surface area contributed by atoms with E-state index in [-0.39, 0.29) is 5.92 Å². The smallest absolute Gasteiger partial charge is 0.315 e. The van der Waals surface area contributed by atoms with Crippen LogP contribution < -0.4 is 15.7 Å². The zero-order valence-electron chi connectivity index (χ0n) is 12.2. The number of urea groups is 1. The second-order valence-corrected chi connectivity index (χ2v) is 5.71.